The number of hydrogen-bond donors (Lipinski definition) is 3. The van der Waals surface area contributed by atoms with Crippen LogP contribution in [0.25, 0.3) is 0 Å². The monoisotopic (exact) mass is 451 g/mol. The Labute approximate surface area is 197 Å². The highest BCUT2D eigenvalue weighted by molar-refractivity contribution is 5.98. The van der Waals surface area contributed by atoms with Crippen LogP contribution in [0.3, 0.4) is 0 Å². The third-order valence-corrected chi connectivity index (χ3v) is 5.90. The number of ether oxygens (including phenoxy) is 1. The van der Waals surface area contributed by atoms with E-state index in [0.717, 1.165) is 30.7 Å². The maximum absolute atomic E-state index is 12.6. The summed E-state index contributed by atoms with van der Waals surface area (Å²) in [6.45, 7) is 3.02. The van der Waals surface area contributed by atoms with Gasteiger partial charge in [0.1, 0.15) is 5.75 Å². The number of anilines is 2. The second-order valence-electron chi connectivity index (χ2n) is 8.73. The molecule has 1 aliphatic rings. The molecule has 0 saturated heterocycles. The number of carbonyl (C=O) groups excluding carboxylic acids is 2. The van der Waals surface area contributed by atoms with Gasteiger partial charge >= 0.3 is 0 Å². The minimum absolute atomic E-state index is 0.0809. The first kappa shape index (κ1) is 24.6. The molecule has 1 fully saturated rings. The lowest BCUT2D eigenvalue weighted by molar-refractivity contribution is -0.114. The first-order chi connectivity index (χ1) is 16.1. The Balaban J connectivity index is 1.44. The Kier molecular flexibility index (Phi) is 10.1. The van der Waals surface area contributed by atoms with E-state index >= 15 is 0 Å². The van der Waals surface area contributed by atoms with Gasteiger partial charge < -0.3 is 20.7 Å². The molecular weight excluding hydrogens is 414 g/mol. The summed E-state index contributed by atoms with van der Waals surface area (Å²) in [7, 11) is 0. The lowest BCUT2D eigenvalue weighted by Crippen LogP contribution is -2.36. The maximum Gasteiger partial charge on any atom is 0.251 e. The number of nitrogens with one attached hydrogen (secondary N) is 3. The van der Waals surface area contributed by atoms with E-state index in [1.807, 2.05) is 24.3 Å². The fourth-order valence-electron chi connectivity index (χ4n) is 4.06. The molecule has 3 rings (SSSR count). The minimum atomic E-state index is -0.175. The summed E-state index contributed by atoms with van der Waals surface area (Å²) in [5.41, 5.74) is 2.01. The van der Waals surface area contributed by atoms with E-state index in [-0.39, 0.29) is 24.4 Å². The maximum atomic E-state index is 12.6. The second kappa shape index (κ2) is 13.5. The van der Waals surface area contributed by atoms with Gasteiger partial charge in [-0.1, -0.05) is 57.6 Å². The van der Waals surface area contributed by atoms with Gasteiger partial charge in [-0.2, -0.15) is 0 Å². The Hall–Kier alpha value is -3.02. The van der Waals surface area contributed by atoms with Crippen LogP contribution in [0.15, 0.2) is 48.5 Å². The molecule has 0 bridgehead atoms. The van der Waals surface area contributed by atoms with Crippen molar-refractivity contribution in [2.45, 2.75) is 70.8 Å². The highest BCUT2D eigenvalue weighted by Crippen LogP contribution is 2.19. The van der Waals surface area contributed by atoms with E-state index in [0.29, 0.717) is 17.9 Å². The van der Waals surface area contributed by atoms with Crippen molar-refractivity contribution >= 4 is 23.2 Å². The van der Waals surface area contributed by atoms with Gasteiger partial charge in [-0.05, 0) is 49.6 Å². The van der Waals surface area contributed by atoms with Crippen LogP contribution in [-0.4, -0.2) is 31.0 Å². The summed E-state index contributed by atoms with van der Waals surface area (Å²) in [4.78, 5) is 25.0. The van der Waals surface area contributed by atoms with Crippen molar-refractivity contribution in [3.63, 3.8) is 0 Å². The largest absolute Gasteiger partial charge is 0.494 e. The highest BCUT2D eigenvalue weighted by atomic mass is 16.5. The summed E-state index contributed by atoms with van der Waals surface area (Å²) < 4.78 is 5.81. The quantitative estimate of drug-likeness (QED) is 0.359. The van der Waals surface area contributed by atoms with Crippen LogP contribution < -0.4 is 20.7 Å². The Bertz CT molecular complexity index is 894. The second-order valence-corrected chi connectivity index (χ2v) is 8.73. The van der Waals surface area contributed by atoms with E-state index in [9.17, 15) is 9.59 Å². The van der Waals surface area contributed by atoms with Crippen LogP contribution in [0.2, 0.25) is 0 Å². The molecule has 6 nitrogen and oxygen atoms in total. The van der Waals surface area contributed by atoms with E-state index < -0.39 is 0 Å². The molecule has 33 heavy (non-hydrogen) atoms. The van der Waals surface area contributed by atoms with Gasteiger partial charge in [-0.15, -0.1) is 0 Å². The molecule has 0 heterocycles. The molecular formula is C27H37N3O3. The van der Waals surface area contributed by atoms with Crippen molar-refractivity contribution in [1.82, 2.24) is 5.32 Å². The van der Waals surface area contributed by atoms with Crippen molar-refractivity contribution in [2.75, 3.05) is 23.8 Å². The number of rotatable bonds is 12. The Morgan fingerprint density at radius 2 is 1.73 bits per heavy atom. The molecule has 0 radical (unpaired) electrons. The number of hydrogen-bond acceptors (Lipinski definition) is 4. The van der Waals surface area contributed by atoms with Gasteiger partial charge in [0.15, 0.2) is 0 Å². The van der Waals surface area contributed by atoms with Crippen LogP contribution in [0, 0.1) is 0 Å². The normalized spacial score (nSPS) is 13.8. The molecule has 178 valence electrons. The number of amides is 2. The van der Waals surface area contributed by atoms with Gasteiger partial charge in [0.05, 0.1) is 13.2 Å². The Morgan fingerprint density at radius 1 is 0.939 bits per heavy atom. The van der Waals surface area contributed by atoms with Gasteiger partial charge in [0.2, 0.25) is 5.91 Å². The molecule has 1 saturated carbocycles. The zero-order chi connectivity index (χ0) is 23.3. The van der Waals surface area contributed by atoms with Crippen LogP contribution >= 0.6 is 0 Å². The lowest BCUT2D eigenvalue weighted by Gasteiger charge is -2.22. The smallest absolute Gasteiger partial charge is 0.251 e. The van der Waals surface area contributed by atoms with Crippen molar-refractivity contribution in [3.05, 3.63) is 54.1 Å². The standard InChI is InChI=1S/C27H37N3O3/c1-2-3-4-8-17-33-25-16-10-14-23(19-25)28-20-26(31)29-24-15-9-11-21(18-24)27(32)30-22-12-6-5-7-13-22/h9-11,14-16,18-19,22,28H,2-8,12-13,17,20H2,1H3,(H,29,31)(H,30,32). The van der Waals surface area contributed by atoms with Gasteiger partial charge in [0, 0.05) is 29.0 Å². The van der Waals surface area contributed by atoms with E-state index in [2.05, 4.69) is 22.9 Å². The minimum Gasteiger partial charge on any atom is -0.494 e. The van der Waals surface area contributed by atoms with Gasteiger partial charge in [-0.25, -0.2) is 0 Å². The molecule has 2 aromatic rings. The molecule has 0 spiro atoms. The first-order valence-corrected chi connectivity index (χ1v) is 12.3. The number of carbonyl (C=O) groups is 2. The average molecular weight is 452 g/mol. The summed E-state index contributed by atoms with van der Waals surface area (Å²) >= 11 is 0. The highest BCUT2D eigenvalue weighted by Gasteiger charge is 2.17. The molecule has 2 aromatic carbocycles. The predicted molar refractivity (Wildman–Crippen MR) is 134 cm³/mol. The van der Waals surface area contributed by atoms with Gasteiger partial charge in [0.25, 0.3) is 5.91 Å². The summed E-state index contributed by atoms with van der Waals surface area (Å²) in [5, 5.41) is 9.12. The van der Waals surface area contributed by atoms with Crippen molar-refractivity contribution in [3.8, 4) is 5.75 Å². The van der Waals surface area contributed by atoms with Gasteiger partial charge in [-0.3, -0.25) is 9.59 Å². The van der Waals surface area contributed by atoms with Crippen molar-refractivity contribution in [1.29, 1.82) is 0 Å². The van der Waals surface area contributed by atoms with Crippen LogP contribution in [0.1, 0.15) is 75.1 Å². The molecule has 0 aromatic heterocycles. The van der Waals surface area contributed by atoms with Crippen LogP contribution in [0.5, 0.6) is 5.75 Å². The van der Waals surface area contributed by atoms with E-state index in [1.165, 1.54) is 38.5 Å². The summed E-state index contributed by atoms with van der Waals surface area (Å²) in [6, 6.07) is 15.0. The average Bonchev–Trinajstić information content (AvgIpc) is 2.84. The third-order valence-electron chi connectivity index (χ3n) is 5.90. The lowest BCUT2D eigenvalue weighted by atomic mass is 9.95. The molecule has 0 unspecified atom stereocenters. The fraction of sp³-hybridized carbons (Fsp3) is 0.481. The molecule has 3 N–H and O–H groups in total. The van der Waals surface area contributed by atoms with Crippen molar-refractivity contribution < 1.29 is 14.3 Å². The molecule has 2 amide bonds. The topological polar surface area (TPSA) is 79.5 Å². The summed E-state index contributed by atoms with van der Waals surface area (Å²) in [6.07, 6.45) is 10.3. The molecule has 0 aliphatic heterocycles. The zero-order valence-corrected chi connectivity index (χ0v) is 19.7. The van der Waals surface area contributed by atoms with E-state index in [1.54, 1.807) is 24.3 Å². The predicted octanol–water partition coefficient (Wildman–Crippen LogP) is 5.76. The summed E-state index contributed by atoms with van der Waals surface area (Å²) in [5.74, 6) is 0.543. The number of unbranched alkanes of at least 4 members (excludes halogenated alkanes) is 3. The van der Waals surface area contributed by atoms with Crippen LogP contribution in [-0.2, 0) is 4.79 Å². The van der Waals surface area contributed by atoms with Crippen LogP contribution in [0.4, 0.5) is 11.4 Å². The fourth-order valence-corrected chi connectivity index (χ4v) is 4.06. The molecule has 1 aliphatic carbocycles. The molecule has 0 atom stereocenters. The number of benzene rings is 2. The molecule has 6 heteroatoms. The van der Waals surface area contributed by atoms with Crippen molar-refractivity contribution in [2.24, 2.45) is 0 Å². The first-order valence-electron chi connectivity index (χ1n) is 12.3. The zero-order valence-electron chi connectivity index (χ0n) is 19.7. The Morgan fingerprint density at radius 3 is 2.55 bits per heavy atom. The third kappa shape index (κ3) is 8.79. The van der Waals surface area contributed by atoms with E-state index in [4.69, 9.17) is 4.74 Å². The SMILES string of the molecule is CCCCCCOc1cccc(NCC(=O)Nc2cccc(C(=O)NC3CCCCC3)c2)c1.